The van der Waals surface area contributed by atoms with Crippen LogP contribution < -0.4 is 10.6 Å². The number of pyridine rings is 1. The quantitative estimate of drug-likeness (QED) is 0.812. The van der Waals surface area contributed by atoms with Gasteiger partial charge in [0, 0.05) is 23.6 Å². The molecule has 0 saturated heterocycles. The summed E-state index contributed by atoms with van der Waals surface area (Å²) in [6, 6.07) is 8.17. The molecule has 2 aromatic rings. The molecule has 2 N–H and O–H groups in total. The van der Waals surface area contributed by atoms with E-state index in [2.05, 4.69) is 15.6 Å². The summed E-state index contributed by atoms with van der Waals surface area (Å²) < 4.78 is 37.8. The second-order valence-electron chi connectivity index (χ2n) is 6.44. The molecule has 0 radical (unpaired) electrons. The van der Waals surface area contributed by atoms with Crippen LogP contribution in [-0.4, -0.2) is 16.9 Å². The molecule has 26 heavy (non-hydrogen) atoms. The summed E-state index contributed by atoms with van der Waals surface area (Å²) in [5.41, 5.74) is 0.675. The SMILES string of the molecule is O=C(NC1CCCCC1)c1cc(Nc2ccc(C(F)(F)F)cc2)ccn1. The zero-order valence-electron chi connectivity index (χ0n) is 14.1. The highest BCUT2D eigenvalue weighted by Gasteiger charge is 2.29. The number of carbonyl (C=O) groups excluding carboxylic acids is 1. The van der Waals surface area contributed by atoms with E-state index in [0.717, 1.165) is 37.8 Å². The second-order valence-corrected chi connectivity index (χ2v) is 6.44. The van der Waals surface area contributed by atoms with Gasteiger partial charge in [-0.1, -0.05) is 19.3 Å². The summed E-state index contributed by atoms with van der Waals surface area (Å²) in [6.07, 6.45) is 2.55. The van der Waals surface area contributed by atoms with Gasteiger partial charge >= 0.3 is 6.18 Å². The number of nitrogens with one attached hydrogen (secondary N) is 2. The van der Waals surface area contributed by atoms with E-state index in [9.17, 15) is 18.0 Å². The van der Waals surface area contributed by atoms with E-state index in [4.69, 9.17) is 0 Å². The van der Waals surface area contributed by atoms with Crippen LogP contribution in [0, 0.1) is 0 Å². The lowest BCUT2D eigenvalue weighted by molar-refractivity contribution is -0.137. The summed E-state index contributed by atoms with van der Waals surface area (Å²) in [5.74, 6) is -0.229. The van der Waals surface area contributed by atoms with Crippen molar-refractivity contribution >= 4 is 17.3 Å². The largest absolute Gasteiger partial charge is 0.416 e. The zero-order chi connectivity index (χ0) is 18.6. The number of rotatable bonds is 4. The molecule has 138 valence electrons. The molecule has 1 aromatic heterocycles. The first kappa shape index (κ1) is 18.2. The fraction of sp³-hybridized carbons (Fsp3) is 0.368. The van der Waals surface area contributed by atoms with Gasteiger partial charge in [0.2, 0.25) is 0 Å². The van der Waals surface area contributed by atoms with Gasteiger partial charge in [0.05, 0.1) is 5.56 Å². The number of halogens is 3. The van der Waals surface area contributed by atoms with Crippen LogP contribution in [0.5, 0.6) is 0 Å². The Balaban J connectivity index is 1.66. The van der Waals surface area contributed by atoms with Gasteiger partial charge in [-0.2, -0.15) is 13.2 Å². The molecule has 0 aliphatic heterocycles. The number of aromatic nitrogens is 1. The van der Waals surface area contributed by atoms with Crippen molar-refractivity contribution in [1.29, 1.82) is 0 Å². The van der Waals surface area contributed by atoms with Crippen molar-refractivity contribution in [2.45, 2.75) is 44.3 Å². The first-order valence-corrected chi connectivity index (χ1v) is 8.63. The van der Waals surface area contributed by atoms with E-state index in [-0.39, 0.29) is 17.6 Å². The maximum atomic E-state index is 12.6. The number of alkyl halides is 3. The molecule has 1 saturated carbocycles. The molecule has 1 fully saturated rings. The van der Waals surface area contributed by atoms with Crippen molar-refractivity contribution in [3.8, 4) is 0 Å². The lowest BCUT2D eigenvalue weighted by Crippen LogP contribution is -2.36. The lowest BCUT2D eigenvalue weighted by Gasteiger charge is -2.22. The fourth-order valence-electron chi connectivity index (χ4n) is 3.05. The maximum absolute atomic E-state index is 12.6. The van der Waals surface area contributed by atoms with E-state index in [1.165, 1.54) is 24.8 Å². The third kappa shape index (κ3) is 4.74. The van der Waals surface area contributed by atoms with E-state index in [1.54, 1.807) is 12.1 Å². The maximum Gasteiger partial charge on any atom is 0.416 e. The number of nitrogens with zero attached hydrogens (tertiary/aromatic N) is 1. The van der Waals surface area contributed by atoms with Crippen molar-refractivity contribution in [1.82, 2.24) is 10.3 Å². The molecule has 4 nitrogen and oxygen atoms in total. The van der Waals surface area contributed by atoms with Crippen LogP contribution in [0.2, 0.25) is 0 Å². The van der Waals surface area contributed by atoms with Crippen molar-refractivity contribution in [2.24, 2.45) is 0 Å². The second kappa shape index (κ2) is 7.76. The van der Waals surface area contributed by atoms with Crippen molar-refractivity contribution in [3.05, 3.63) is 53.9 Å². The lowest BCUT2D eigenvalue weighted by atomic mass is 9.95. The molecule has 1 amide bonds. The number of amides is 1. The van der Waals surface area contributed by atoms with Crippen LogP contribution in [0.15, 0.2) is 42.6 Å². The van der Waals surface area contributed by atoms with Crippen LogP contribution in [0.4, 0.5) is 24.5 Å². The highest BCUT2D eigenvalue weighted by molar-refractivity contribution is 5.93. The molecule has 0 unspecified atom stereocenters. The summed E-state index contributed by atoms with van der Waals surface area (Å²) in [4.78, 5) is 16.4. The van der Waals surface area contributed by atoms with Crippen LogP contribution in [0.25, 0.3) is 0 Å². The van der Waals surface area contributed by atoms with Crippen LogP contribution in [0.3, 0.4) is 0 Å². The van der Waals surface area contributed by atoms with Gasteiger partial charge in [0.25, 0.3) is 5.91 Å². The Hall–Kier alpha value is -2.57. The fourth-order valence-corrected chi connectivity index (χ4v) is 3.05. The van der Waals surface area contributed by atoms with Crippen molar-refractivity contribution in [2.75, 3.05) is 5.32 Å². The monoisotopic (exact) mass is 363 g/mol. The van der Waals surface area contributed by atoms with E-state index < -0.39 is 11.7 Å². The Morgan fingerprint density at radius 3 is 2.35 bits per heavy atom. The Morgan fingerprint density at radius 2 is 1.69 bits per heavy atom. The van der Waals surface area contributed by atoms with Crippen LogP contribution in [0.1, 0.15) is 48.2 Å². The summed E-state index contributed by atoms with van der Waals surface area (Å²) in [5, 5.41) is 5.99. The normalized spacial score (nSPS) is 15.5. The Labute approximate surface area is 149 Å². The minimum Gasteiger partial charge on any atom is -0.355 e. The Bertz CT molecular complexity index is 753. The molecule has 0 atom stereocenters. The first-order chi connectivity index (χ1) is 12.4. The van der Waals surface area contributed by atoms with Gasteiger partial charge < -0.3 is 10.6 Å². The highest BCUT2D eigenvalue weighted by Crippen LogP contribution is 2.30. The third-order valence-corrected chi connectivity index (χ3v) is 4.43. The number of hydrogen-bond acceptors (Lipinski definition) is 3. The molecule has 1 aliphatic carbocycles. The number of anilines is 2. The summed E-state index contributed by atoms with van der Waals surface area (Å²) >= 11 is 0. The van der Waals surface area contributed by atoms with Crippen LogP contribution in [-0.2, 0) is 6.18 Å². The van der Waals surface area contributed by atoms with Gasteiger partial charge in [-0.25, -0.2) is 0 Å². The smallest absolute Gasteiger partial charge is 0.355 e. The van der Waals surface area contributed by atoms with Crippen molar-refractivity contribution < 1.29 is 18.0 Å². The van der Waals surface area contributed by atoms with E-state index in [1.807, 2.05) is 0 Å². The predicted octanol–water partition coefficient (Wildman–Crippen LogP) is 4.91. The molecule has 1 aromatic carbocycles. The van der Waals surface area contributed by atoms with Gasteiger partial charge in [-0.15, -0.1) is 0 Å². The number of carbonyl (C=O) groups is 1. The molecule has 0 spiro atoms. The number of hydrogen-bond donors (Lipinski definition) is 2. The molecule has 1 heterocycles. The van der Waals surface area contributed by atoms with Gasteiger partial charge in [-0.05, 0) is 49.2 Å². The zero-order valence-corrected chi connectivity index (χ0v) is 14.1. The predicted molar refractivity (Wildman–Crippen MR) is 93.3 cm³/mol. The highest BCUT2D eigenvalue weighted by atomic mass is 19.4. The average Bonchev–Trinajstić information content (AvgIpc) is 2.62. The summed E-state index contributed by atoms with van der Waals surface area (Å²) in [7, 11) is 0. The van der Waals surface area contributed by atoms with Crippen LogP contribution >= 0.6 is 0 Å². The summed E-state index contributed by atoms with van der Waals surface area (Å²) in [6.45, 7) is 0. The van der Waals surface area contributed by atoms with E-state index in [0.29, 0.717) is 11.4 Å². The molecule has 0 bridgehead atoms. The molecule has 1 aliphatic rings. The van der Waals surface area contributed by atoms with Gasteiger partial charge in [0.1, 0.15) is 5.69 Å². The van der Waals surface area contributed by atoms with Gasteiger partial charge in [-0.3, -0.25) is 9.78 Å². The average molecular weight is 363 g/mol. The number of benzene rings is 1. The molecule has 3 rings (SSSR count). The van der Waals surface area contributed by atoms with E-state index >= 15 is 0 Å². The van der Waals surface area contributed by atoms with Crippen molar-refractivity contribution in [3.63, 3.8) is 0 Å². The topological polar surface area (TPSA) is 54.0 Å². The minimum atomic E-state index is -4.36. The first-order valence-electron chi connectivity index (χ1n) is 8.63. The van der Waals surface area contributed by atoms with Gasteiger partial charge in [0.15, 0.2) is 0 Å². The Kier molecular flexibility index (Phi) is 5.44. The standard InChI is InChI=1S/C19H20F3N3O/c20-19(21,22)13-6-8-15(9-7-13)24-16-10-11-23-17(12-16)18(26)25-14-4-2-1-3-5-14/h6-12,14H,1-5H2,(H,23,24)(H,25,26). The molecule has 7 heteroatoms. The Morgan fingerprint density at radius 1 is 1.00 bits per heavy atom. The molecular weight excluding hydrogens is 343 g/mol. The molecular formula is C19H20F3N3O. The minimum absolute atomic E-state index is 0.185. The third-order valence-electron chi connectivity index (χ3n) is 4.43.